The molecule has 0 amide bonds. The molecule has 0 aromatic carbocycles. The first-order chi connectivity index (χ1) is 5.93. The Hall–Kier alpha value is -0.260. The van der Waals surface area contributed by atoms with Gasteiger partial charge in [0.1, 0.15) is 0 Å². The molecule has 0 saturated heterocycles. The van der Waals surface area contributed by atoms with Gasteiger partial charge >= 0.3 is 0 Å². The van der Waals surface area contributed by atoms with Crippen LogP contribution in [0.4, 0.5) is 0 Å². The number of rotatable bonds is 5. The predicted octanol–water partition coefficient (Wildman–Crippen LogP) is 4.31. The third-order valence-corrected chi connectivity index (χ3v) is 2.78. The molecule has 0 atom stereocenters. The van der Waals surface area contributed by atoms with Gasteiger partial charge in [-0.3, -0.25) is 0 Å². The zero-order valence-corrected chi connectivity index (χ0v) is 8.39. The molecule has 0 heteroatoms. The van der Waals surface area contributed by atoms with Crippen LogP contribution in [0.3, 0.4) is 0 Å². The smallest absolute Gasteiger partial charge is 0.0234 e. The Bertz CT molecular complexity index is 118. The monoisotopic (exact) mass is 166 g/mol. The van der Waals surface area contributed by atoms with Crippen molar-refractivity contribution in [1.29, 1.82) is 0 Å². The van der Waals surface area contributed by atoms with E-state index in [1.807, 2.05) is 0 Å². The van der Waals surface area contributed by atoms with Gasteiger partial charge in [-0.2, -0.15) is 0 Å². The molecule has 70 valence electrons. The first kappa shape index (κ1) is 9.83. The minimum Gasteiger partial charge on any atom is -0.0883 e. The molecular weight excluding hydrogens is 144 g/mol. The molecule has 1 fully saturated rings. The zero-order valence-electron chi connectivity index (χ0n) is 8.39. The first-order valence-corrected chi connectivity index (χ1v) is 5.60. The van der Waals surface area contributed by atoms with Crippen molar-refractivity contribution < 1.29 is 0 Å². The molecule has 12 heavy (non-hydrogen) atoms. The average Bonchev–Trinajstić information content (AvgIpc) is 2.57. The number of hydrogen-bond acceptors (Lipinski definition) is 0. The molecular formula is C12H22. The van der Waals surface area contributed by atoms with Crippen LogP contribution in [0.2, 0.25) is 0 Å². The summed E-state index contributed by atoms with van der Waals surface area (Å²) >= 11 is 0. The lowest BCUT2D eigenvalue weighted by atomic mass is 10.1. The average molecular weight is 166 g/mol. The highest BCUT2D eigenvalue weighted by Crippen LogP contribution is 2.25. The summed E-state index contributed by atoms with van der Waals surface area (Å²) in [5.74, 6) is 0.937. The molecule has 1 rings (SSSR count). The molecule has 0 bridgehead atoms. The van der Waals surface area contributed by atoms with Crippen LogP contribution in [-0.4, -0.2) is 0 Å². The van der Waals surface area contributed by atoms with Gasteiger partial charge in [-0.25, -0.2) is 0 Å². The maximum absolute atomic E-state index is 2.46. The van der Waals surface area contributed by atoms with E-state index in [2.05, 4.69) is 19.1 Å². The van der Waals surface area contributed by atoms with Gasteiger partial charge in [0.05, 0.1) is 0 Å². The van der Waals surface area contributed by atoms with E-state index in [9.17, 15) is 0 Å². The summed E-state index contributed by atoms with van der Waals surface area (Å²) in [5, 5.41) is 0. The summed E-state index contributed by atoms with van der Waals surface area (Å²) in [6.07, 6.45) is 16.1. The lowest BCUT2D eigenvalue weighted by Crippen LogP contribution is -1.85. The molecule has 1 saturated carbocycles. The van der Waals surface area contributed by atoms with Gasteiger partial charge in [-0.1, -0.05) is 44.8 Å². The predicted molar refractivity (Wildman–Crippen MR) is 55.2 cm³/mol. The zero-order chi connectivity index (χ0) is 8.65. The third kappa shape index (κ3) is 3.94. The van der Waals surface area contributed by atoms with Crippen LogP contribution >= 0.6 is 0 Å². The van der Waals surface area contributed by atoms with Crippen molar-refractivity contribution in [3.63, 3.8) is 0 Å². The lowest BCUT2D eigenvalue weighted by molar-refractivity contribution is 0.675. The lowest BCUT2D eigenvalue weighted by Gasteiger charge is -1.99. The second-order valence-corrected chi connectivity index (χ2v) is 3.97. The molecule has 1 aliphatic rings. The van der Waals surface area contributed by atoms with E-state index >= 15 is 0 Å². The molecule has 0 radical (unpaired) electrons. The van der Waals surface area contributed by atoms with E-state index in [0.29, 0.717) is 0 Å². The highest BCUT2D eigenvalue weighted by molar-refractivity contribution is 4.90. The molecule has 0 aliphatic heterocycles. The molecule has 0 N–H and O–H groups in total. The van der Waals surface area contributed by atoms with Crippen molar-refractivity contribution >= 4 is 0 Å². The van der Waals surface area contributed by atoms with Gasteiger partial charge in [0.2, 0.25) is 0 Å². The molecule has 0 spiro atoms. The van der Waals surface area contributed by atoms with Crippen LogP contribution in [-0.2, 0) is 0 Å². The van der Waals surface area contributed by atoms with Gasteiger partial charge in [0.25, 0.3) is 0 Å². The van der Waals surface area contributed by atoms with E-state index in [0.717, 1.165) is 5.92 Å². The summed E-state index contributed by atoms with van der Waals surface area (Å²) in [6, 6.07) is 0. The molecule has 0 heterocycles. The molecule has 0 unspecified atom stereocenters. The van der Waals surface area contributed by atoms with Crippen LogP contribution in [0.1, 0.15) is 58.3 Å². The number of allylic oxidation sites excluding steroid dienone is 2. The van der Waals surface area contributed by atoms with Gasteiger partial charge < -0.3 is 0 Å². The SMILES string of the molecule is CCCCCC=CC1CCCC1. The van der Waals surface area contributed by atoms with Crippen molar-refractivity contribution in [3.8, 4) is 0 Å². The summed E-state index contributed by atoms with van der Waals surface area (Å²) in [5.41, 5.74) is 0. The van der Waals surface area contributed by atoms with Crippen molar-refractivity contribution in [3.05, 3.63) is 12.2 Å². The fourth-order valence-corrected chi connectivity index (χ4v) is 1.95. The van der Waals surface area contributed by atoms with Gasteiger partial charge in [-0.15, -0.1) is 0 Å². The van der Waals surface area contributed by atoms with Crippen LogP contribution in [0.15, 0.2) is 12.2 Å². The van der Waals surface area contributed by atoms with E-state index in [-0.39, 0.29) is 0 Å². The van der Waals surface area contributed by atoms with Crippen LogP contribution in [0.25, 0.3) is 0 Å². The minimum atomic E-state index is 0.937. The molecule has 0 aromatic rings. The standard InChI is InChI=1S/C12H22/c1-2-3-4-5-6-9-12-10-7-8-11-12/h6,9,12H,2-5,7-8,10-11H2,1H3. The second-order valence-electron chi connectivity index (χ2n) is 3.97. The maximum atomic E-state index is 2.46. The Morgan fingerprint density at radius 2 is 1.92 bits per heavy atom. The van der Waals surface area contributed by atoms with Gasteiger partial charge in [-0.05, 0) is 31.6 Å². The van der Waals surface area contributed by atoms with Crippen LogP contribution in [0.5, 0.6) is 0 Å². The number of unbranched alkanes of at least 4 members (excludes halogenated alkanes) is 3. The van der Waals surface area contributed by atoms with Crippen molar-refractivity contribution in [2.45, 2.75) is 58.3 Å². The molecule has 1 aliphatic carbocycles. The topological polar surface area (TPSA) is 0 Å². The second kappa shape index (κ2) is 6.28. The van der Waals surface area contributed by atoms with Crippen molar-refractivity contribution in [1.82, 2.24) is 0 Å². The quantitative estimate of drug-likeness (QED) is 0.421. The fourth-order valence-electron chi connectivity index (χ4n) is 1.95. The summed E-state index contributed by atoms with van der Waals surface area (Å²) < 4.78 is 0. The van der Waals surface area contributed by atoms with Crippen molar-refractivity contribution in [2.24, 2.45) is 5.92 Å². The Balaban J connectivity index is 1.97. The first-order valence-electron chi connectivity index (χ1n) is 5.60. The Morgan fingerprint density at radius 3 is 2.58 bits per heavy atom. The Morgan fingerprint density at radius 1 is 1.17 bits per heavy atom. The highest BCUT2D eigenvalue weighted by atomic mass is 14.2. The van der Waals surface area contributed by atoms with E-state index in [1.165, 1.54) is 51.4 Å². The largest absolute Gasteiger partial charge is 0.0883 e. The third-order valence-electron chi connectivity index (χ3n) is 2.78. The normalized spacial score (nSPS) is 19.4. The summed E-state index contributed by atoms with van der Waals surface area (Å²) in [6.45, 7) is 2.26. The minimum absolute atomic E-state index is 0.937. The molecule has 0 nitrogen and oxygen atoms in total. The fraction of sp³-hybridized carbons (Fsp3) is 0.833. The van der Waals surface area contributed by atoms with Gasteiger partial charge in [0, 0.05) is 0 Å². The summed E-state index contributed by atoms with van der Waals surface area (Å²) in [7, 11) is 0. The summed E-state index contributed by atoms with van der Waals surface area (Å²) in [4.78, 5) is 0. The van der Waals surface area contributed by atoms with Crippen LogP contribution < -0.4 is 0 Å². The Labute approximate surface area is 77.1 Å². The van der Waals surface area contributed by atoms with Crippen molar-refractivity contribution in [2.75, 3.05) is 0 Å². The van der Waals surface area contributed by atoms with Gasteiger partial charge in [0.15, 0.2) is 0 Å². The van der Waals surface area contributed by atoms with Crippen LogP contribution in [0, 0.1) is 5.92 Å². The van der Waals surface area contributed by atoms with E-state index in [4.69, 9.17) is 0 Å². The molecule has 0 aromatic heterocycles. The van der Waals surface area contributed by atoms with E-state index < -0.39 is 0 Å². The Kier molecular flexibility index (Phi) is 5.14. The number of hydrogen-bond donors (Lipinski definition) is 0. The van der Waals surface area contributed by atoms with E-state index in [1.54, 1.807) is 0 Å². The maximum Gasteiger partial charge on any atom is -0.0234 e. The highest BCUT2D eigenvalue weighted by Gasteiger charge is 2.10.